The fraction of sp³-hybridized carbons (Fsp3) is 0.316. The van der Waals surface area contributed by atoms with Crippen molar-refractivity contribution in [2.45, 2.75) is 13.8 Å². The summed E-state index contributed by atoms with van der Waals surface area (Å²) in [6, 6.07) is 6.39. The number of nitrogens with zero attached hydrogens (tertiary/aromatic N) is 4. The van der Waals surface area contributed by atoms with E-state index < -0.39 is 0 Å². The number of carbonyl (C=O) groups excluding carboxylic acids is 1. The SMILES string of the molecule is Cc1cccc(N2CCN(C(=O)/C=C/c3cnccn3)CC2)c1C. The normalized spacial score (nSPS) is 15.1. The first-order chi connectivity index (χ1) is 11.6. The summed E-state index contributed by atoms with van der Waals surface area (Å²) in [4.78, 5) is 24.7. The molecule has 24 heavy (non-hydrogen) atoms. The molecule has 0 bridgehead atoms. The monoisotopic (exact) mass is 322 g/mol. The van der Waals surface area contributed by atoms with Crippen LogP contribution in [-0.2, 0) is 4.79 Å². The van der Waals surface area contributed by atoms with Crippen molar-refractivity contribution in [2.75, 3.05) is 31.1 Å². The molecule has 2 heterocycles. The Bertz CT molecular complexity index is 734. The van der Waals surface area contributed by atoms with E-state index in [0.717, 1.165) is 26.2 Å². The predicted octanol–water partition coefficient (Wildman–Crippen LogP) is 2.46. The Hall–Kier alpha value is -2.69. The lowest BCUT2D eigenvalue weighted by Crippen LogP contribution is -2.48. The lowest BCUT2D eigenvalue weighted by atomic mass is 10.1. The molecule has 0 aliphatic carbocycles. The van der Waals surface area contributed by atoms with Crippen LogP contribution in [0.15, 0.2) is 42.9 Å². The first-order valence-corrected chi connectivity index (χ1v) is 8.19. The number of hydrogen-bond acceptors (Lipinski definition) is 4. The van der Waals surface area contributed by atoms with Crippen LogP contribution in [0.3, 0.4) is 0 Å². The Morgan fingerprint density at radius 3 is 2.62 bits per heavy atom. The number of amides is 1. The van der Waals surface area contributed by atoms with Gasteiger partial charge in [0.15, 0.2) is 0 Å². The van der Waals surface area contributed by atoms with Gasteiger partial charge in [-0.1, -0.05) is 12.1 Å². The van der Waals surface area contributed by atoms with Gasteiger partial charge in [-0.15, -0.1) is 0 Å². The maximum Gasteiger partial charge on any atom is 0.246 e. The van der Waals surface area contributed by atoms with Crippen molar-refractivity contribution in [1.82, 2.24) is 14.9 Å². The van der Waals surface area contributed by atoms with E-state index >= 15 is 0 Å². The number of piperazine rings is 1. The van der Waals surface area contributed by atoms with Crippen molar-refractivity contribution < 1.29 is 4.79 Å². The zero-order valence-electron chi connectivity index (χ0n) is 14.1. The molecule has 1 aliphatic heterocycles. The molecule has 1 aromatic heterocycles. The zero-order valence-corrected chi connectivity index (χ0v) is 14.1. The summed E-state index contributed by atoms with van der Waals surface area (Å²) in [6.45, 7) is 7.47. The highest BCUT2D eigenvalue weighted by Gasteiger charge is 2.20. The van der Waals surface area contributed by atoms with Crippen molar-refractivity contribution in [3.8, 4) is 0 Å². The Kier molecular flexibility index (Phi) is 4.89. The molecular formula is C19H22N4O. The standard InChI is InChI=1S/C19H22N4O/c1-15-4-3-5-18(16(15)2)22-10-12-23(13-11-22)19(24)7-6-17-14-20-8-9-21-17/h3-9,14H,10-13H2,1-2H3/b7-6+. The quantitative estimate of drug-likeness (QED) is 0.815. The second-order valence-corrected chi connectivity index (χ2v) is 5.99. The van der Waals surface area contributed by atoms with E-state index in [2.05, 4.69) is 46.9 Å². The minimum Gasteiger partial charge on any atom is -0.368 e. The van der Waals surface area contributed by atoms with Crippen molar-refractivity contribution in [3.05, 3.63) is 59.7 Å². The second kappa shape index (κ2) is 7.25. The lowest BCUT2D eigenvalue weighted by Gasteiger charge is -2.36. The molecule has 124 valence electrons. The van der Waals surface area contributed by atoms with Crippen molar-refractivity contribution in [2.24, 2.45) is 0 Å². The topological polar surface area (TPSA) is 49.3 Å². The number of carbonyl (C=O) groups is 1. The first kappa shape index (κ1) is 16.2. The maximum absolute atomic E-state index is 12.3. The third-order valence-corrected chi connectivity index (χ3v) is 4.49. The Morgan fingerprint density at radius 2 is 1.92 bits per heavy atom. The number of anilines is 1. The summed E-state index contributed by atoms with van der Waals surface area (Å²) in [5, 5.41) is 0. The zero-order chi connectivity index (χ0) is 16.9. The largest absolute Gasteiger partial charge is 0.368 e. The second-order valence-electron chi connectivity index (χ2n) is 5.99. The molecule has 3 rings (SSSR count). The summed E-state index contributed by atoms with van der Waals surface area (Å²) >= 11 is 0. The molecular weight excluding hydrogens is 300 g/mol. The van der Waals surface area contributed by atoms with Gasteiger partial charge in [0.1, 0.15) is 0 Å². The third kappa shape index (κ3) is 3.62. The fourth-order valence-corrected chi connectivity index (χ4v) is 2.90. The Balaban J connectivity index is 1.59. The van der Waals surface area contributed by atoms with Crippen LogP contribution in [0.1, 0.15) is 16.8 Å². The van der Waals surface area contributed by atoms with Gasteiger partial charge in [0.2, 0.25) is 5.91 Å². The molecule has 1 aromatic carbocycles. The van der Waals surface area contributed by atoms with Gasteiger partial charge in [0, 0.05) is 50.3 Å². The van der Waals surface area contributed by atoms with Gasteiger partial charge in [-0.3, -0.25) is 14.8 Å². The van der Waals surface area contributed by atoms with Gasteiger partial charge in [-0.2, -0.15) is 0 Å². The summed E-state index contributed by atoms with van der Waals surface area (Å²) in [6.07, 6.45) is 8.17. The summed E-state index contributed by atoms with van der Waals surface area (Å²) < 4.78 is 0. The van der Waals surface area contributed by atoms with Gasteiger partial charge in [0.05, 0.1) is 11.9 Å². The van der Waals surface area contributed by atoms with E-state index in [4.69, 9.17) is 0 Å². The summed E-state index contributed by atoms with van der Waals surface area (Å²) in [7, 11) is 0. The van der Waals surface area contributed by atoms with Gasteiger partial charge < -0.3 is 9.80 Å². The molecule has 1 fully saturated rings. The van der Waals surface area contributed by atoms with Crippen LogP contribution < -0.4 is 4.90 Å². The van der Waals surface area contributed by atoms with Crippen LogP contribution >= 0.6 is 0 Å². The first-order valence-electron chi connectivity index (χ1n) is 8.19. The molecule has 0 saturated carbocycles. The van der Waals surface area contributed by atoms with E-state index in [9.17, 15) is 4.79 Å². The molecule has 2 aromatic rings. The van der Waals surface area contributed by atoms with Crippen LogP contribution in [0.4, 0.5) is 5.69 Å². The number of hydrogen-bond donors (Lipinski definition) is 0. The summed E-state index contributed by atoms with van der Waals surface area (Å²) in [5.74, 6) is 0.0290. The number of aromatic nitrogens is 2. The maximum atomic E-state index is 12.3. The number of rotatable bonds is 3. The highest BCUT2D eigenvalue weighted by atomic mass is 16.2. The molecule has 5 nitrogen and oxygen atoms in total. The van der Waals surface area contributed by atoms with E-state index in [1.165, 1.54) is 16.8 Å². The molecule has 1 saturated heterocycles. The van der Waals surface area contributed by atoms with Gasteiger partial charge in [-0.05, 0) is 37.1 Å². The van der Waals surface area contributed by atoms with Gasteiger partial charge >= 0.3 is 0 Å². The van der Waals surface area contributed by atoms with Crippen molar-refractivity contribution >= 4 is 17.7 Å². The average Bonchev–Trinajstić information content (AvgIpc) is 2.63. The average molecular weight is 322 g/mol. The lowest BCUT2D eigenvalue weighted by molar-refractivity contribution is -0.126. The van der Waals surface area contributed by atoms with Crippen LogP contribution in [0.25, 0.3) is 6.08 Å². The molecule has 5 heteroatoms. The smallest absolute Gasteiger partial charge is 0.246 e. The molecule has 0 radical (unpaired) electrons. The summed E-state index contributed by atoms with van der Waals surface area (Å²) in [5.41, 5.74) is 4.59. The molecule has 1 aliphatic rings. The predicted molar refractivity (Wildman–Crippen MR) is 95.8 cm³/mol. The number of benzene rings is 1. The van der Waals surface area contributed by atoms with Crippen molar-refractivity contribution in [1.29, 1.82) is 0 Å². The highest BCUT2D eigenvalue weighted by Crippen LogP contribution is 2.23. The van der Waals surface area contributed by atoms with E-state index in [1.54, 1.807) is 30.7 Å². The Morgan fingerprint density at radius 1 is 1.12 bits per heavy atom. The van der Waals surface area contributed by atoms with Crippen LogP contribution in [0, 0.1) is 13.8 Å². The van der Waals surface area contributed by atoms with Crippen LogP contribution in [-0.4, -0.2) is 47.0 Å². The van der Waals surface area contributed by atoms with Crippen LogP contribution in [0.2, 0.25) is 0 Å². The van der Waals surface area contributed by atoms with Crippen molar-refractivity contribution in [3.63, 3.8) is 0 Å². The van der Waals surface area contributed by atoms with Crippen LogP contribution in [0.5, 0.6) is 0 Å². The molecule has 1 amide bonds. The molecule has 0 unspecified atom stereocenters. The molecule has 0 atom stereocenters. The fourth-order valence-electron chi connectivity index (χ4n) is 2.90. The van der Waals surface area contributed by atoms with E-state index in [1.807, 2.05) is 4.90 Å². The minimum atomic E-state index is 0.0290. The Labute approximate surface area is 142 Å². The minimum absolute atomic E-state index is 0.0290. The third-order valence-electron chi connectivity index (χ3n) is 4.49. The number of aryl methyl sites for hydroxylation is 1. The molecule has 0 N–H and O–H groups in total. The highest BCUT2D eigenvalue weighted by molar-refractivity contribution is 5.91. The van der Waals surface area contributed by atoms with E-state index in [-0.39, 0.29) is 5.91 Å². The van der Waals surface area contributed by atoms with E-state index in [0.29, 0.717) is 5.69 Å². The molecule has 0 spiro atoms. The van der Waals surface area contributed by atoms with Gasteiger partial charge in [0.25, 0.3) is 0 Å². The van der Waals surface area contributed by atoms with Gasteiger partial charge in [-0.25, -0.2) is 0 Å².